The fraction of sp³-hybridized carbons (Fsp3) is 0.111. The van der Waals surface area contributed by atoms with E-state index in [1.54, 1.807) is 6.07 Å². The summed E-state index contributed by atoms with van der Waals surface area (Å²) in [7, 11) is 0. The highest BCUT2D eigenvalue weighted by Gasteiger charge is 2.07. The summed E-state index contributed by atoms with van der Waals surface area (Å²) in [4.78, 5) is 14.5. The smallest absolute Gasteiger partial charge is 0.338 e. The van der Waals surface area contributed by atoms with Crippen molar-refractivity contribution in [2.45, 2.75) is 0 Å². The van der Waals surface area contributed by atoms with E-state index in [1.807, 2.05) is 0 Å². The predicted molar refractivity (Wildman–Crippen MR) is 48.8 cm³/mol. The number of carbonyl (C=O) groups is 1. The van der Waals surface area contributed by atoms with Crippen LogP contribution in [0.2, 0.25) is 0 Å². The lowest BCUT2D eigenvalue weighted by Crippen LogP contribution is -2.01. The molecular formula is C9H6ClNO2. The van der Waals surface area contributed by atoms with Gasteiger partial charge in [-0.2, -0.15) is 0 Å². The highest BCUT2D eigenvalue weighted by Crippen LogP contribution is 2.02. The average molecular weight is 196 g/mol. The van der Waals surface area contributed by atoms with Crippen molar-refractivity contribution < 1.29 is 9.90 Å². The minimum absolute atomic E-state index is 0.0973. The normalized spacial score (nSPS) is 8.69. The number of carboxylic acids is 1. The molecule has 1 aromatic heterocycles. The SMILES string of the molecule is O=C(O)c1cccnc1C#CCCl. The molecule has 0 atom stereocenters. The van der Waals surface area contributed by atoms with Crippen molar-refractivity contribution in [2.75, 3.05) is 5.88 Å². The third-order valence-corrected chi connectivity index (χ3v) is 1.45. The number of aromatic carboxylic acids is 1. The van der Waals surface area contributed by atoms with Crippen LogP contribution >= 0.6 is 11.6 Å². The molecule has 1 heterocycles. The predicted octanol–water partition coefficient (Wildman–Crippen LogP) is 1.37. The van der Waals surface area contributed by atoms with E-state index in [0.29, 0.717) is 0 Å². The van der Waals surface area contributed by atoms with Gasteiger partial charge in [-0.3, -0.25) is 0 Å². The van der Waals surface area contributed by atoms with Crippen molar-refractivity contribution in [1.29, 1.82) is 0 Å². The standard InChI is InChI=1S/C9H6ClNO2/c10-5-1-4-8-7(9(12)13)3-2-6-11-8/h2-3,6H,5H2,(H,12,13). The van der Waals surface area contributed by atoms with Crippen LogP contribution in [-0.2, 0) is 0 Å². The van der Waals surface area contributed by atoms with Gasteiger partial charge in [0.15, 0.2) is 0 Å². The molecule has 0 radical (unpaired) electrons. The molecule has 13 heavy (non-hydrogen) atoms. The summed E-state index contributed by atoms with van der Waals surface area (Å²) in [5.74, 6) is 4.25. The zero-order chi connectivity index (χ0) is 9.68. The molecule has 0 unspecified atom stereocenters. The molecule has 4 heteroatoms. The highest BCUT2D eigenvalue weighted by molar-refractivity contribution is 6.19. The molecule has 0 fully saturated rings. The van der Waals surface area contributed by atoms with Crippen LogP contribution in [0.3, 0.4) is 0 Å². The average Bonchev–Trinajstić information content (AvgIpc) is 2.15. The minimum atomic E-state index is -1.04. The lowest BCUT2D eigenvalue weighted by atomic mass is 10.2. The maximum atomic E-state index is 10.6. The van der Waals surface area contributed by atoms with Crippen molar-refractivity contribution >= 4 is 17.6 Å². The molecule has 66 valence electrons. The Kier molecular flexibility index (Phi) is 3.30. The monoisotopic (exact) mass is 195 g/mol. The van der Waals surface area contributed by atoms with Gasteiger partial charge >= 0.3 is 5.97 Å². The first-order valence-electron chi connectivity index (χ1n) is 3.49. The zero-order valence-electron chi connectivity index (χ0n) is 6.62. The molecule has 1 N–H and O–H groups in total. The Labute approximate surface area is 80.4 Å². The van der Waals surface area contributed by atoms with E-state index in [9.17, 15) is 4.79 Å². The van der Waals surface area contributed by atoms with Crippen LogP contribution in [-0.4, -0.2) is 21.9 Å². The summed E-state index contributed by atoms with van der Waals surface area (Å²) < 4.78 is 0. The first-order valence-corrected chi connectivity index (χ1v) is 4.02. The van der Waals surface area contributed by atoms with Crippen molar-refractivity contribution in [1.82, 2.24) is 4.98 Å². The number of nitrogens with zero attached hydrogens (tertiary/aromatic N) is 1. The zero-order valence-corrected chi connectivity index (χ0v) is 7.38. The van der Waals surface area contributed by atoms with Crippen molar-refractivity contribution in [3.05, 3.63) is 29.6 Å². The Morgan fingerprint density at radius 3 is 3.08 bits per heavy atom. The van der Waals surface area contributed by atoms with Gasteiger partial charge < -0.3 is 5.11 Å². The summed E-state index contributed by atoms with van der Waals surface area (Å²) in [6, 6.07) is 3.00. The van der Waals surface area contributed by atoms with Crippen molar-refractivity contribution in [3.8, 4) is 11.8 Å². The Bertz CT molecular complexity index is 379. The molecule has 0 saturated carbocycles. The van der Waals surface area contributed by atoms with E-state index in [4.69, 9.17) is 16.7 Å². The largest absolute Gasteiger partial charge is 0.478 e. The molecule has 0 amide bonds. The van der Waals surface area contributed by atoms with Crippen LogP contribution in [0.1, 0.15) is 16.1 Å². The number of halogens is 1. The second-order valence-corrected chi connectivity index (χ2v) is 2.41. The summed E-state index contributed by atoms with van der Waals surface area (Å²) in [5.41, 5.74) is 0.343. The quantitative estimate of drug-likeness (QED) is 0.544. The van der Waals surface area contributed by atoms with E-state index >= 15 is 0 Å². The first kappa shape index (κ1) is 9.56. The third-order valence-electron chi connectivity index (χ3n) is 1.31. The molecule has 0 saturated heterocycles. The number of hydrogen-bond acceptors (Lipinski definition) is 2. The van der Waals surface area contributed by atoms with Crippen LogP contribution in [0.25, 0.3) is 0 Å². The van der Waals surface area contributed by atoms with Crippen LogP contribution in [0.15, 0.2) is 18.3 Å². The highest BCUT2D eigenvalue weighted by atomic mass is 35.5. The van der Waals surface area contributed by atoms with Crippen LogP contribution in [0, 0.1) is 11.8 Å². The molecular weight excluding hydrogens is 190 g/mol. The molecule has 1 rings (SSSR count). The lowest BCUT2D eigenvalue weighted by molar-refractivity contribution is 0.0696. The van der Waals surface area contributed by atoms with Gasteiger partial charge in [0.1, 0.15) is 5.69 Å². The molecule has 0 aromatic carbocycles. The van der Waals surface area contributed by atoms with Gasteiger partial charge in [-0.05, 0) is 18.1 Å². The van der Waals surface area contributed by atoms with Gasteiger partial charge in [0.2, 0.25) is 0 Å². The number of carboxylic acid groups (broad SMARTS) is 1. The Balaban J connectivity index is 3.12. The molecule has 1 aromatic rings. The number of alkyl halides is 1. The fourth-order valence-corrected chi connectivity index (χ4v) is 0.861. The fourth-order valence-electron chi connectivity index (χ4n) is 0.795. The van der Waals surface area contributed by atoms with Gasteiger partial charge in [0.25, 0.3) is 0 Å². The van der Waals surface area contributed by atoms with E-state index in [0.717, 1.165) is 0 Å². The Morgan fingerprint density at radius 2 is 2.46 bits per heavy atom. The third kappa shape index (κ3) is 2.46. The minimum Gasteiger partial charge on any atom is -0.478 e. The maximum absolute atomic E-state index is 10.6. The Hall–Kier alpha value is -1.53. The number of aromatic nitrogens is 1. The van der Waals surface area contributed by atoms with E-state index in [2.05, 4.69) is 16.8 Å². The molecule has 0 aliphatic rings. The number of pyridine rings is 1. The van der Waals surface area contributed by atoms with Crippen LogP contribution in [0.4, 0.5) is 0 Å². The van der Waals surface area contributed by atoms with Gasteiger partial charge in [-0.15, -0.1) is 11.6 Å². The second-order valence-electron chi connectivity index (χ2n) is 2.14. The van der Waals surface area contributed by atoms with E-state index in [1.165, 1.54) is 12.3 Å². The van der Waals surface area contributed by atoms with Crippen LogP contribution < -0.4 is 0 Å². The molecule has 0 aliphatic carbocycles. The molecule has 0 aliphatic heterocycles. The van der Waals surface area contributed by atoms with Crippen molar-refractivity contribution in [2.24, 2.45) is 0 Å². The maximum Gasteiger partial charge on any atom is 0.338 e. The van der Waals surface area contributed by atoms with Crippen LogP contribution in [0.5, 0.6) is 0 Å². The lowest BCUT2D eigenvalue weighted by Gasteiger charge is -1.95. The topological polar surface area (TPSA) is 50.2 Å². The molecule has 0 spiro atoms. The summed E-state index contributed by atoms with van der Waals surface area (Å²) >= 11 is 5.33. The van der Waals surface area contributed by atoms with Crippen molar-refractivity contribution in [3.63, 3.8) is 0 Å². The van der Waals surface area contributed by atoms with E-state index < -0.39 is 5.97 Å². The Morgan fingerprint density at radius 1 is 1.69 bits per heavy atom. The number of hydrogen-bond donors (Lipinski definition) is 1. The van der Waals surface area contributed by atoms with Gasteiger partial charge in [-0.25, -0.2) is 9.78 Å². The first-order chi connectivity index (χ1) is 6.25. The summed E-state index contributed by atoms with van der Waals surface area (Å²) in [6.45, 7) is 0. The second kappa shape index (κ2) is 4.48. The van der Waals surface area contributed by atoms with Gasteiger partial charge in [0, 0.05) is 6.20 Å². The van der Waals surface area contributed by atoms with Gasteiger partial charge in [-0.1, -0.05) is 5.92 Å². The molecule has 3 nitrogen and oxygen atoms in total. The summed E-state index contributed by atoms with van der Waals surface area (Å²) in [6.07, 6.45) is 1.49. The van der Waals surface area contributed by atoms with E-state index in [-0.39, 0.29) is 17.1 Å². The molecule has 0 bridgehead atoms. The van der Waals surface area contributed by atoms with Gasteiger partial charge in [0.05, 0.1) is 11.4 Å². The number of rotatable bonds is 1. The summed E-state index contributed by atoms with van der Waals surface area (Å²) in [5, 5.41) is 8.72.